The van der Waals surface area contributed by atoms with Crippen LogP contribution in [0, 0.1) is 17.8 Å². The molecular weight excluding hydrogens is 298 g/mol. The number of carbonyl (C=O) groups is 2. The molecule has 7 nitrogen and oxygen atoms in total. The quantitative estimate of drug-likeness (QED) is 0.723. The van der Waals surface area contributed by atoms with Crippen LogP contribution in [0.15, 0.2) is 5.16 Å². The Morgan fingerprint density at radius 2 is 1.87 bits per heavy atom. The Labute approximate surface area is 135 Å². The number of carbonyl (C=O) groups excluding carboxylic acids is 2. The molecule has 23 heavy (non-hydrogen) atoms. The second kappa shape index (κ2) is 5.78. The van der Waals surface area contributed by atoms with Crippen molar-refractivity contribution < 1.29 is 19.2 Å². The van der Waals surface area contributed by atoms with E-state index < -0.39 is 0 Å². The molecule has 3 heterocycles. The van der Waals surface area contributed by atoms with Gasteiger partial charge in [-0.1, -0.05) is 12.1 Å². The van der Waals surface area contributed by atoms with Crippen molar-refractivity contribution in [2.45, 2.75) is 25.9 Å². The summed E-state index contributed by atoms with van der Waals surface area (Å²) in [4.78, 5) is 34.2. The maximum absolute atomic E-state index is 12.6. The van der Waals surface area contributed by atoms with Gasteiger partial charge in [-0.15, -0.1) is 0 Å². The average Bonchev–Trinajstić information content (AvgIpc) is 3.12. The number of amides is 2. The third kappa shape index (κ3) is 2.60. The Morgan fingerprint density at radius 3 is 2.57 bits per heavy atom. The van der Waals surface area contributed by atoms with Crippen LogP contribution in [0.25, 0.3) is 0 Å². The number of morpholine rings is 1. The summed E-state index contributed by atoms with van der Waals surface area (Å²) >= 11 is 0. The topological polar surface area (TPSA) is 71.4 Å². The summed E-state index contributed by atoms with van der Waals surface area (Å²) in [6, 6.07) is 0. The van der Waals surface area contributed by atoms with Crippen LogP contribution >= 0.6 is 0 Å². The van der Waals surface area contributed by atoms with E-state index in [4.69, 9.17) is 9.57 Å². The van der Waals surface area contributed by atoms with E-state index >= 15 is 0 Å². The molecule has 0 aromatic carbocycles. The highest BCUT2D eigenvalue weighted by molar-refractivity contribution is 6.40. The summed E-state index contributed by atoms with van der Waals surface area (Å²) < 4.78 is 5.28. The van der Waals surface area contributed by atoms with Crippen LogP contribution in [0.2, 0.25) is 0 Å². The monoisotopic (exact) mass is 321 g/mol. The standard InChI is InChI=1S/C16H23N3O4/c1-10-6-11(7-10)15(20)19-8-12-13(9-19)23-17-14(12)16(21)18-2-4-22-5-3-18/h10-13H,2-9H2,1H3/t10?,11?,12-,13+/m0/s1. The fourth-order valence-electron chi connectivity index (χ4n) is 4.00. The fourth-order valence-corrected chi connectivity index (χ4v) is 4.00. The van der Waals surface area contributed by atoms with Gasteiger partial charge in [-0.2, -0.15) is 0 Å². The van der Waals surface area contributed by atoms with Gasteiger partial charge in [-0.3, -0.25) is 9.59 Å². The minimum absolute atomic E-state index is 0.0626. The molecule has 0 N–H and O–H groups in total. The molecule has 3 fully saturated rings. The van der Waals surface area contributed by atoms with E-state index in [-0.39, 0.29) is 29.8 Å². The average molecular weight is 321 g/mol. The Bertz CT molecular complexity index is 537. The van der Waals surface area contributed by atoms with Gasteiger partial charge < -0.3 is 19.4 Å². The number of nitrogens with zero attached hydrogens (tertiary/aromatic N) is 3. The maximum atomic E-state index is 12.6. The highest BCUT2D eigenvalue weighted by Crippen LogP contribution is 2.37. The van der Waals surface area contributed by atoms with Gasteiger partial charge in [-0.25, -0.2) is 0 Å². The second-order valence-electron chi connectivity index (χ2n) is 7.15. The lowest BCUT2D eigenvalue weighted by Gasteiger charge is -2.34. The molecule has 4 rings (SSSR count). The molecule has 1 aliphatic carbocycles. The summed E-state index contributed by atoms with van der Waals surface area (Å²) in [5.74, 6) is 0.903. The highest BCUT2D eigenvalue weighted by Gasteiger charge is 2.48. The molecule has 0 aromatic rings. The number of fused-ring (bicyclic) bond motifs is 1. The van der Waals surface area contributed by atoms with Crippen molar-refractivity contribution in [2.24, 2.45) is 22.9 Å². The maximum Gasteiger partial charge on any atom is 0.272 e. The minimum Gasteiger partial charge on any atom is -0.389 e. The van der Waals surface area contributed by atoms with Gasteiger partial charge in [0.05, 0.1) is 25.7 Å². The van der Waals surface area contributed by atoms with Crippen LogP contribution in [0.5, 0.6) is 0 Å². The Kier molecular flexibility index (Phi) is 3.75. The molecule has 4 aliphatic rings. The van der Waals surface area contributed by atoms with Crippen molar-refractivity contribution >= 4 is 17.5 Å². The molecule has 1 saturated carbocycles. The largest absolute Gasteiger partial charge is 0.389 e. The Morgan fingerprint density at radius 1 is 1.13 bits per heavy atom. The molecule has 7 heteroatoms. The number of hydrogen-bond acceptors (Lipinski definition) is 5. The smallest absolute Gasteiger partial charge is 0.272 e. The Hall–Kier alpha value is -1.63. The molecule has 0 aromatic heterocycles. The van der Waals surface area contributed by atoms with Gasteiger partial charge in [0, 0.05) is 25.6 Å². The summed E-state index contributed by atoms with van der Waals surface area (Å²) in [7, 11) is 0. The normalized spacial score (nSPS) is 36.1. The first-order valence-corrected chi connectivity index (χ1v) is 8.53. The molecule has 0 radical (unpaired) electrons. The first kappa shape index (κ1) is 14.9. The third-order valence-electron chi connectivity index (χ3n) is 5.46. The lowest BCUT2D eigenvalue weighted by Crippen LogP contribution is -2.46. The van der Waals surface area contributed by atoms with Crippen molar-refractivity contribution in [3.8, 4) is 0 Å². The highest BCUT2D eigenvalue weighted by atomic mass is 16.6. The van der Waals surface area contributed by atoms with E-state index in [1.54, 1.807) is 4.90 Å². The molecule has 3 aliphatic heterocycles. The molecule has 2 atom stereocenters. The van der Waals surface area contributed by atoms with Crippen molar-refractivity contribution in [1.82, 2.24) is 9.80 Å². The summed E-state index contributed by atoms with van der Waals surface area (Å²) in [6.45, 7) is 5.62. The number of likely N-dealkylation sites (tertiary alicyclic amines) is 1. The van der Waals surface area contributed by atoms with Gasteiger partial charge >= 0.3 is 0 Å². The van der Waals surface area contributed by atoms with Crippen LogP contribution < -0.4 is 0 Å². The van der Waals surface area contributed by atoms with Crippen molar-refractivity contribution in [2.75, 3.05) is 39.4 Å². The zero-order valence-corrected chi connectivity index (χ0v) is 13.4. The SMILES string of the molecule is CC1CC(C(=O)N2C[C@@H]3C(C(=O)N4CCOCC4)=NO[C@@H]3C2)C1. The molecule has 0 unspecified atom stereocenters. The van der Waals surface area contributed by atoms with E-state index in [2.05, 4.69) is 12.1 Å². The molecule has 126 valence electrons. The van der Waals surface area contributed by atoms with E-state index in [1.807, 2.05) is 4.90 Å². The van der Waals surface area contributed by atoms with Crippen LogP contribution in [0.3, 0.4) is 0 Å². The first-order chi connectivity index (χ1) is 11.1. The number of rotatable bonds is 2. The van der Waals surface area contributed by atoms with E-state index in [1.165, 1.54) is 0 Å². The predicted octanol–water partition coefficient (Wildman–Crippen LogP) is 0.105. The predicted molar refractivity (Wildman–Crippen MR) is 81.7 cm³/mol. The van der Waals surface area contributed by atoms with Gasteiger partial charge in [0.25, 0.3) is 5.91 Å². The van der Waals surface area contributed by atoms with Crippen molar-refractivity contribution in [1.29, 1.82) is 0 Å². The first-order valence-electron chi connectivity index (χ1n) is 8.53. The lowest BCUT2D eigenvalue weighted by atomic mass is 9.75. The lowest BCUT2D eigenvalue weighted by molar-refractivity contribution is -0.139. The van der Waals surface area contributed by atoms with E-state index in [0.717, 1.165) is 12.8 Å². The summed E-state index contributed by atoms with van der Waals surface area (Å²) in [6.07, 6.45) is 1.81. The fraction of sp³-hybridized carbons (Fsp3) is 0.812. The molecule has 2 amide bonds. The number of ether oxygens (including phenoxy) is 1. The zero-order valence-electron chi connectivity index (χ0n) is 13.4. The van der Waals surface area contributed by atoms with E-state index in [9.17, 15) is 9.59 Å². The van der Waals surface area contributed by atoms with Gasteiger partial charge in [0.2, 0.25) is 5.91 Å². The van der Waals surface area contributed by atoms with Crippen LogP contribution in [0.1, 0.15) is 19.8 Å². The van der Waals surface area contributed by atoms with Gasteiger partial charge in [0.1, 0.15) is 0 Å². The second-order valence-corrected chi connectivity index (χ2v) is 7.15. The zero-order chi connectivity index (χ0) is 16.0. The van der Waals surface area contributed by atoms with Crippen molar-refractivity contribution in [3.63, 3.8) is 0 Å². The van der Waals surface area contributed by atoms with Crippen LogP contribution in [-0.2, 0) is 19.2 Å². The molecular formula is C16H23N3O4. The van der Waals surface area contributed by atoms with E-state index in [0.29, 0.717) is 51.0 Å². The minimum atomic E-state index is -0.156. The molecule has 2 saturated heterocycles. The van der Waals surface area contributed by atoms with Gasteiger partial charge in [-0.05, 0) is 18.8 Å². The Balaban J connectivity index is 1.39. The molecule has 0 bridgehead atoms. The third-order valence-corrected chi connectivity index (χ3v) is 5.46. The van der Waals surface area contributed by atoms with Gasteiger partial charge in [0.15, 0.2) is 11.8 Å². The number of oxime groups is 1. The van der Waals surface area contributed by atoms with Crippen LogP contribution in [-0.4, -0.2) is 72.8 Å². The summed E-state index contributed by atoms with van der Waals surface area (Å²) in [5, 5.41) is 4.03. The van der Waals surface area contributed by atoms with Crippen molar-refractivity contribution in [3.05, 3.63) is 0 Å². The molecule has 0 spiro atoms. The number of hydrogen-bond donors (Lipinski definition) is 0. The summed E-state index contributed by atoms with van der Waals surface area (Å²) in [5.41, 5.74) is 0.481. The van der Waals surface area contributed by atoms with Crippen LogP contribution in [0.4, 0.5) is 0 Å².